The summed E-state index contributed by atoms with van der Waals surface area (Å²) in [5, 5.41) is 7.64. The van der Waals surface area contributed by atoms with Gasteiger partial charge in [-0.1, -0.05) is 48.0 Å². The molecule has 0 unspecified atom stereocenters. The highest BCUT2D eigenvalue weighted by molar-refractivity contribution is 6.30. The van der Waals surface area contributed by atoms with Crippen LogP contribution in [0.1, 0.15) is 16.4 Å². The van der Waals surface area contributed by atoms with Crippen molar-refractivity contribution in [1.82, 2.24) is 20.1 Å². The molecule has 2 aromatic carbocycles. The Labute approximate surface area is 160 Å². The highest BCUT2D eigenvalue weighted by atomic mass is 35.5. The third kappa shape index (κ3) is 3.91. The van der Waals surface area contributed by atoms with Gasteiger partial charge in [0.25, 0.3) is 5.91 Å². The lowest BCUT2D eigenvalue weighted by Gasteiger charge is -2.02. The third-order valence-electron chi connectivity index (χ3n) is 3.91. The summed E-state index contributed by atoms with van der Waals surface area (Å²) in [7, 11) is 0. The van der Waals surface area contributed by atoms with E-state index in [4.69, 9.17) is 16.0 Å². The predicted octanol–water partition coefficient (Wildman–Crippen LogP) is 4.11. The minimum Gasteiger partial charge on any atom is -0.439 e. The lowest BCUT2D eigenvalue weighted by Crippen LogP contribution is -2.23. The molecule has 134 valence electrons. The molecule has 0 spiro atoms. The summed E-state index contributed by atoms with van der Waals surface area (Å²) in [4.78, 5) is 16.5. The van der Waals surface area contributed by atoms with E-state index in [0.29, 0.717) is 22.4 Å². The van der Waals surface area contributed by atoms with Crippen LogP contribution in [0.5, 0.6) is 0 Å². The van der Waals surface area contributed by atoms with Gasteiger partial charge in [0.05, 0.1) is 18.4 Å². The molecule has 27 heavy (non-hydrogen) atoms. The first-order valence-electron chi connectivity index (χ1n) is 8.29. The molecule has 0 saturated heterocycles. The first kappa shape index (κ1) is 17.1. The molecule has 0 aliphatic heterocycles. The Bertz CT molecular complexity index is 1070. The molecule has 0 atom stereocenters. The van der Waals surface area contributed by atoms with Crippen LogP contribution in [0.15, 0.2) is 77.5 Å². The number of hydrogen-bond donors (Lipinski definition) is 1. The van der Waals surface area contributed by atoms with E-state index in [2.05, 4.69) is 15.4 Å². The Morgan fingerprint density at radius 1 is 1.11 bits per heavy atom. The Hall–Kier alpha value is -3.38. The Balaban J connectivity index is 1.41. The Morgan fingerprint density at radius 2 is 1.96 bits per heavy atom. The molecule has 0 radical (unpaired) electrons. The lowest BCUT2D eigenvalue weighted by molar-refractivity contribution is 0.0942. The van der Waals surface area contributed by atoms with Crippen molar-refractivity contribution in [3.63, 3.8) is 0 Å². The molecule has 1 N–H and O–H groups in total. The van der Waals surface area contributed by atoms with E-state index >= 15 is 0 Å². The largest absolute Gasteiger partial charge is 0.439 e. The summed E-state index contributed by atoms with van der Waals surface area (Å²) in [6, 6.07) is 18.5. The van der Waals surface area contributed by atoms with E-state index in [0.717, 1.165) is 11.3 Å². The number of rotatable bonds is 5. The maximum Gasteiger partial charge on any atom is 0.272 e. The molecule has 4 aromatic rings. The number of halogens is 1. The van der Waals surface area contributed by atoms with Gasteiger partial charge < -0.3 is 9.73 Å². The van der Waals surface area contributed by atoms with Gasteiger partial charge in [-0.15, -0.1) is 0 Å². The second kappa shape index (κ2) is 7.47. The zero-order chi connectivity index (χ0) is 18.6. The van der Waals surface area contributed by atoms with Gasteiger partial charge in [-0.2, -0.15) is 5.10 Å². The second-order valence-corrected chi connectivity index (χ2v) is 6.23. The van der Waals surface area contributed by atoms with Crippen LogP contribution < -0.4 is 5.32 Å². The van der Waals surface area contributed by atoms with Gasteiger partial charge in [-0.05, 0) is 24.3 Å². The van der Waals surface area contributed by atoms with Crippen molar-refractivity contribution >= 4 is 17.5 Å². The average molecular weight is 379 g/mol. The molecule has 0 aliphatic rings. The highest BCUT2D eigenvalue weighted by Crippen LogP contribution is 2.19. The molecule has 6 nitrogen and oxygen atoms in total. The summed E-state index contributed by atoms with van der Waals surface area (Å²) in [6.07, 6.45) is 3.35. The highest BCUT2D eigenvalue weighted by Gasteiger charge is 2.12. The van der Waals surface area contributed by atoms with Gasteiger partial charge in [0.15, 0.2) is 11.5 Å². The summed E-state index contributed by atoms with van der Waals surface area (Å²) < 4.78 is 7.27. The molecule has 4 rings (SSSR count). The van der Waals surface area contributed by atoms with E-state index in [1.807, 2.05) is 42.5 Å². The molecule has 0 aliphatic carbocycles. The molecule has 0 saturated carbocycles. The van der Waals surface area contributed by atoms with Crippen LogP contribution in [-0.2, 0) is 6.54 Å². The van der Waals surface area contributed by atoms with Gasteiger partial charge in [0, 0.05) is 16.8 Å². The van der Waals surface area contributed by atoms with E-state index in [1.165, 1.54) is 0 Å². The van der Waals surface area contributed by atoms with Crippen LogP contribution in [-0.4, -0.2) is 20.7 Å². The van der Waals surface area contributed by atoms with Crippen LogP contribution in [0.2, 0.25) is 5.02 Å². The average Bonchev–Trinajstić information content (AvgIpc) is 3.37. The summed E-state index contributed by atoms with van der Waals surface area (Å²) in [5.74, 6) is 0.775. The fraction of sp³-hybridized carbons (Fsp3) is 0.0500. The summed E-state index contributed by atoms with van der Waals surface area (Å²) in [5.41, 5.74) is 2.01. The standard InChI is InChI=1S/C20H15ClN4O2/c21-15-7-4-8-16(11-15)25-10-9-17(24-25)20(26)23-13-19-22-12-18(27-19)14-5-2-1-3-6-14/h1-12H,13H2,(H,23,26). The number of hydrogen-bond acceptors (Lipinski definition) is 4. The number of oxazole rings is 1. The topological polar surface area (TPSA) is 73.0 Å². The minimum atomic E-state index is -0.310. The molecule has 0 bridgehead atoms. The van der Waals surface area contributed by atoms with E-state index in [-0.39, 0.29) is 12.5 Å². The van der Waals surface area contributed by atoms with Crippen molar-refractivity contribution in [2.75, 3.05) is 0 Å². The summed E-state index contributed by atoms with van der Waals surface area (Å²) >= 11 is 5.99. The SMILES string of the molecule is O=C(NCc1ncc(-c2ccccc2)o1)c1ccn(-c2cccc(Cl)c2)n1. The number of amides is 1. The second-order valence-electron chi connectivity index (χ2n) is 5.79. The number of benzene rings is 2. The fourth-order valence-electron chi connectivity index (χ4n) is 2.58. The zero-order valence-electron chi connectivity index (χ0n) is 14.2. The zero-order valence-corrected chi connectivity index (χ0v) is 14.9. The van der Waals surface area contributed by atoms with Crippen LogP contribution in [0, 0.1) is 0 Å². The van der Waals surface area contributed by atoms with Crippen LogP contribution >= 0.6 is 11.6 Å². The van der Waals surface area contributed by atoms with Crippen molar-refractivity contribution in [1.29, 1.82) is 0 Å². The van der Waals surface area contributed by atoms with Crippen molar-refractivity contribution in [2.24, 2.45) is 0 Å². The van der Waals surface area contributed by atoms with Gasteiger partial charge in [0.2, 0.25) is 5.89 Å². The van der Waals surface area contributed by atoms with Gasteiger partial charge in [-0.25, -0.2) is 9.67 Å². The van der Waals surface area contributed by atoms with Gasteiger partial charge in [0.1, 0.15) is 0 Å². The van der Waals surface area contributed by atoms with Gasteiger partial charge >= 0.3 is 0 Å². The summed E-state index contributed by atoms with van der Waals surface area (Å²) in [6.45, 7) is 0.176. The maximum absolute atomic E-state index is 12.3. The van der Waals surface area contributed by atoms with Crippen molar-refractivity contribution in [2.45, 2.75) is 6.54 Å². The fourth-order valence-corrected chi connectivity index (χ4v) is 2.77. The van der Waals surface area contributed by atoms with Crippen molar-refractivity contribution in [3.8, 4) is 17.0 Å². The van der Waals surface area contributed by atoms with Gasteiger partial charge in [-0.3, -0.25) is 4.79 Å². The van der Waals surface area contributed by atoms with E-state index < -0.39 is 0 Å². The molecule has 2 aromatic heterocycles. The van der Waals surface area contributed by atoms with Crippen LogP contribution in [0.3, 0.4) is 0 Å². The maximum atomic E-state index is 12.3. The van der Waals surface area contributed by atoms with Crippen molar-refractivity contribution in [3.05, 3.63) is 89.7 Å². The van der Waals surface area contributed by atoms with Crippen LogP contribution in [0.4, 0.5) is 0 Å². The van der Waals surface area contributed by atoms with Crippen molar-refractivity contribution < 1.29 is 9.21 Å². The van der Waals surface area contributed by atoms with Crippen LogP contribution in [0.25, 0.3) is 17.0 Å². The molecular weight excluding hydrogens is 364 g/mol. The van der Waals surface area contributed by atoms with E-state index in [9.17, 15) is 4.79 Å². The number of nitrogens with zero attached hydrogens (tertiary/aromatic N) is 3. The molecule has 2 heterocycles. The molecule has 1 amide bonds. The van der Waals surface area contributed by atoms with E-state index in [1.54, 1.807) is 35.3 Å². The smallest absolute Gasteiger partial charge is 0.272 e. The molecule has 7 heteroatoms. The molecular formula is C20H15ClN4O2. The number of nitrogens with one attached hydrogen (secondary N) is 1. The number of carbonyl (C=O) groups is 1. The monoisotopic (exact) mass is 378 g/mol. The normalized spacial score (nSPS) is 10.7. The lowest BCUT2D eigenvalue weighted by atomic mass is 10.2. The number of carbonyl (C=O) groups excluding carboxylic acids is 1. The Morgan fingerprint density at radius 3 is 2.78 bits per heavy atom. The first-order chi connectivity index (χ1) is 13.2. The third-order valence-corrected chi connectivity index (χ3v) is 4.14. The molecule has 0 fully saturated rings. The predicted molar refractivity (Wildman–Crippen MR) is 102 cm³/mol. The Kier molecular flexibility index (Phi) is 4.72. The quantitative estimate of drug-likeness (QED) is 0.567. The number of aromatic nitrogens is 3. The first-order valence-corrected chi connectivity index (χ1v) is 8.67. The minimum absolute atomic E-state index is 0.176.